The Bertz CT molecular complexity index is 176. The van der Waals surface area contributed by atoms with Gasteiger partial charge in [0.05, 0.1) is 6.54 Å². The van der Waals surface area contributed by atoms with Gasteiger partial charge < -0.3 is 10.6 Å². The maximum atomic E-state index is 11.4. The van der Waals surface area contributed by atoms with Crippen molar-refractivity contribution in [1.29, 1.82) is 0 Å². The van der Waals surface area contributed by atoms with Gasteiger partial charge in [0.25, 0.3) is 0 Å². The van der Waals surface area contributed by atoms with Crippen molar-refractivity contribution in [2.75, 3.05) is 19.3 Å². The van der Waals surface area contributed by atoms with Gasteiger partial charge in [-0.3, -0.25) is 4.79 Å². The molecule has 0 fully saturated rings. The summed E-state index contributed by atoms with van der Waals surface area (Å²) < 4.78 is 0. The van der Waals surface area contributed by atoms with Crippen molar-refractivity contribution in [2.45, 2.75) is 44.9 Å². The summed E-state index contributed by atoms with van der Waals surface area (Å²) in [6.07, 6.45) is 4.18. The number of nitrogens with one attached hydrogen (secondary N) is 2. The van der Waals surface area contributed by atoms with E-state index in [-0.39, 0.29) is 5.91 Å². The topological polar surface area (TPSA) is 41.1 Å². The van der Waals surface area contributed by atoms with E-state index >= 15 is 0 Å². The van der Waals surface area contributed by atoms with E-state index in [0.29, 0.717) is 17.8 Å². The summed E-state index contributed by atoms with van der Waals surface area (Å²) in [6.45, 7) is 7.58. The highest BCUT2D eigenvalue weighted by Gasteiger charge is 2.04. The first-order valence-corrected chi connectivity index (χ1v) is 6.91. The molecule has 1 amide bonds. The van der Waals surface area contributed by atoms with Crippen LogP contribution in [-0.2, 0) is 4.79 Å². The van der Waals surface area contributed by atoms with Crippen LogP contribution in [0.25, 0.3) is 0 Å². The largest absolute Gasteiger partial charge is 0.355 e. The molecule has 4 heteroatoms. The third kappa shape index (κ3) is 8.75. The van der Waals surface area contributed by atoms with Gasteiger partial charge in [0.15, 0.2) is 0 Å². The minimum absolute atomic E-state index is 0.101. The molecule has 0 rings (SSSR count). The highest BCUT2D eigenvalue weighted by Crippen LogP contribution is 2.07. The molecular formula is C11H24N2OS. The van der Waals surface area contributed by atoms with Crippen LogP contribution < -0.4 is 10.6 Å². The third-order valence-electron chi connectivity index (χ3n) is 2.50. The summed E-state index contributed by atoms with van der Waals surface area (Å²) in [4.78, 5) is 11.4. The number of carbonyl (C=O) groups is 1. The van der Waals surface area contributed by atoms with Crippen LogP contribution in [0, 0.1) is 0 Å². The van der Waals surface area contributed by atoms with Crippen LogP contribution in [-0.4, -0.2) is 36.5 Å². The number of thioether (sulfide) groups is 1. The number of hydrogen-bond acceptors (Lipinski definition) is 3. The van der Waals surface area contributed by atoms with Gasteiger partial charge in [-0.2, -0.15) is 11.8 Å². The van der Waals surface area contributed by atoms with Crippen LogP contribution in [0.1, 0.15) is 33.6 Å². The minimum Gasteiger partial charge on any atom is -0.355 e. The van der Waals surface area contributed by atoms with E-state index in [0.717, 1.165) is 19.4 Å². The predicted molar refractivity (Wildman–Crippen MR) is 68.4 cm³/mol. The first-order valence-electron chi connectivity index (χ1n) is 5.63. The van der Waals surface area contributed by atoms with Gasteiger partial charge in [-0.25, -0.2) is 0 Å². The Morgan fingerprint density at radius 1 is 1.40 bits per heavy atom. The number of carbonyl (C=O) groups excluding carboxylic acids is 1. The average Bonchev–Trinajstić information content (AvgIpc) is 2.25. The number of amides is 1. The molecule has 15 heavy (non-hydrogen) atoms. The fourth-order valence-corrected chi connectivity index (χ4v) is 1.36. The van der Waals surface area contributed by atoms with Crippen molar-refractivity contribution >= 4 is 17.7 Å². The second-order valence-corrected chi connectivity index (χ2v) is 5.15. The molecule has 0 heterocycles. The molecule has 0 aliphatic carbocycles. The van der Waals surface area contributed by atoms with Crippen LogP contribution in [0.3, 0.4) is 0 Å². The van der Waals surface area contributed by atoms with Gasteiger partial charge in [-0.1, -0.05) is 13.8 Å². The first kappa shape index (κ1) is 14.8. The highest BCUT2D eigenvalue weighted by atomic mass is 32.2. The quantitative estimate of drug-likeness (QED) is 0.668. The first-order chi connectivity index (χ1) is 7.10. The monoisotopic (exact) mass is 232 g/mol. The van der Waals surface area contributed by atoms with E-state index in [1.807, 2.05) is 11.8 Å². The molecule has 0 radical (unpaired) electrons. The molecule has 0 aromatic rings. The molecule has 3 nitrogen and oxygen atoms in total. The Morgan fingerprint density at radius 2 is 2.07 bits per heavy atom. The summed E-state index contributed by atoms with van der Waals surface area (Å²) in [7, 11) is 0. The molecule has 2 atom stereocenters. The van der Waals surface area contributed by atoms with Crippen LogP contribution in [0.2, 0.25) is 0 Å². The second kappa shape index (κ2) is 9.04. The fraction of sp³-hybridized carbons (Fsp3) is 0.909. The van der Waals surface area contributed by atoms with Gasteiger partial charge in [0.2, 0.25) is 5.91 Å². The lowest BCUT2D eigenvalue weighted by Crippen LogP contribution is -2.38. The molecule has 2 unspecified atom stereocenters. The summed E-state index contributed by atoms with van der Waals surface area (Å²) >= 11 is 1.83. The smallest absolute Gasteiger partial charge is 0.233 e. The maximum absolute atomic E-state index is 11.4. The van der Waals surface area contributed by atoms with Gasteiger partial charge in [0.1, 0.15) is 0 Å². The molecule has 90 valence electrons. The Kier molecular flexibility index (Phi) is 8.91. The normalized spacial score (nSPS) is 14.7. The van der Waals surface area contributed by atoms with Crippen molar-refractivity contribution in [2.24, 2.45) is 0 Å². The zero-order valence-corrected chi connectivity index (χ0v) is 11.1. The van der Waals surface area contributed by atoms with Crippen LogP contribution in [0.15, 0.2) is 0 Å². The zero-order chi connectivity index (χ0) is 11.7. The van der Waals surface area contributed by atoms with E-state index < -0.39 is 0 Å². The van der Waals surface area contributed by atoms with Crippen LogP contribution in [0.4, 0.5) is 0 Å². The summed E-state index contributed by atoms with van der Waals surface area (Å²) in [5.41, 5.74) is 0. The van der Waals surface area contributed by atoms with Crippen LogP contribution in [0.5, 0.6) is 0 Å². The van der Waals surface area contributed by atoms with Crippen molar-refractivity contribution in [1.82, 2.24) is 10.6 Å². The molecule has 0 saturated carbocycles. The molecule has 0 aromatic carbocycles. The molecule has 0 saturated heterocycles. The Balaban J connectivity index is 3.41. The van der Waals surface area contributed by atoms with Crippen molar-refractivity contribution in [3.63, 3.8) is 0 Å². The third-order valence-corrected chi connectivity index (χ3v) is 3.54. The van der Waals surface area contributed by atoms with E-state index in [2.05, 4.69) is 37.7 Å². The Hall–Kier alpha value is -0.220. The van der Waals surface area contributed by atoms with Crippen molar-refractivity contribution < 1.29 is 4.79 Å². The maximum Gasteiger partial charge on any atom is 0.233 e. The van der Waals surface area contributed by atoms with Crippen molar-refractivity contribution in [3.8, 4) is 0 Å². The fourth-order valence-electron chi connectivity index (χ4n) is 1.01. The molecule has 0 bridgehead atoms. The summed E-state index contributed by atoms with van der Waals surface area (Å²) in [6, 6.07) is 0.417. The Labute approximate surface area is 97.8 Å². The lowest BCUT2D eigenvalue weighted by Gasteiger charge is -2.12. The molecule has 2 N–H and O–H groups in total. The Morgan fingerprint density at radius 3 is 2.60 bits per heavy atom. The van der Waals surface area contributed by atoms with Gasteiger partial charge >= 0.3 is 0 Å². The molecule has 0 aliphatic heterocycles. The van der Waals surface area contributed by atoms with E-state index in [4.69, 9.17) is 0 Å². The SMILES string of the molecule is CCC(C)NCC(=O)NCCC(C)SC. The summed E-state index contributed by atoms with van der Waals surface area (Å²) in [5.74, 6) is 0.101. The lowest BCUT2D eigenvalue weighted by atomic mass is 10.2. The minimum atomic E-state index is 0.101. The van der Waals surface area contributed by atoms with Crippen molar-refractivity contribution in [3.05, 3.63) is 0 Å². The second-order valence-electron chi connectivity index (χ2n) is 3.88. The summed E-state index contributed by atoms with van der Waals surface area (Å²) in [5, 5.41) is 6.70. The van der Waals surface area contributed by atoms with Gasteiger partial charge in [-0.05, 0) is 26.0 Å². The van der Waals surface area contributed by atoms with Gasteiger partial charge in [0, 0.05) is 17.8 Å². The highest BCUT2D eigenvalue weighted by molar-refractivity contribution is 7.99. The average molecular weight is 232 g/mol. The number of hydrogen-bond donors (Lipinski definition) is 2. The molecular weight excluding hydrogens is 208 g/mol. The van der Waals surface area contributed by atoms with E-state index in [1.165, 1.54) is 0 Å². The zero-order valence-electron chi connectivity index (χ0n) is 10.3. The molecule has 0 spiro atoms. The van der Waals surface area contributed by atoms with E-state index in [1.54, 1.807) is 0 Å². The number of rotatable bonds is 8. The molecule has 0 aliphatic rings. The predicted octanol–water partition coefficient (Wildman–Crippen LogP) is 1.63. The molecule has 0 aromatic heterocycles. The van der Waals surface area contributed by atoms with Crippen LogP contribution >= 0.6 is 11.8 Å². The van der Waals surface area contributed by atoms with Gasteiger partial charge in [-0.15, -0.1) is 0 Å². The lowest BCUT2D eigenvalue weighted by molar-refractivity contribution is -0.120. The standard InChI is InChI=1S/C11H24N2OS/c1-5-9(2)13-8-11(14)12-7-6-10(3)15-4/h9-10,13H,5-8H2,1-4H3,(H,12,14). The van der Waals surface area contributed by atoms with E-state index in [9.17, 15) is 4.79 Å².